The van der Waals surface area contributed by atoms with Gasteiger partial charge in [0.05, 0.1) is 0 Å². The van der Waals surface area contributed by atoms with Crippen molar-refractivity contribution >= 4 is 17.4 Å². The van der Waals surface area contributed by atoms with E-state index in [4.69, 9.17) is 11.6 Å². The van der Waals surface area contributed by atoms with Crippen LogP contribution in [-0.4, -0.2) is 42.6 Å². The molecule has 0 aliphatic carbocycles. The van der Waals surface area contributed by atoms with Crippen molar-refractivity contribution in [1.82, 2.24) is 9.88 Å². The van der Waals surface area contributed by atoms with Crippen LogP contribution < -0.4 is 4.90 Å². The molecule has 1 aromatic heterocycles. The summed E-state index contributed by atoms with van der Waals surface area (Å²) in [6.45, 7) is 8.84. The summed E-state index contributed by atoms with van der Waals surface area (Å²) in [6.07, 6.45) is 1.95. The molecule has 1 aromatic rings. The third-order valence-corrected chi connectivity index (χ3v) is 2.99. The molecule has 2 rings (SSSR count). The van der Waals surface area contributed by atoms with E-state index in [0.29, 0.717) is 5.15 Å². The molecule has 0 atom stereocenters. The fourth-order valence-electron chi connectivity index (χ4n) is 1.92. The number of anilines is 1. The zero-order valence-corrected chi connectivity index (χ0v) is 10.0. The summed E-state index contributed by atoms with van der Waals surface area (Å²) >= 11 is 5.88. The van der Waals surface area contributed by atoms with E-state index >= 15 is 0 Å². The standard InChI is InChI=1S/C12H16ClN3/c1-2-6-15-7-9-16(10-8-15)12-5-3-4-11(13)14-12/h2-5H,1,6-10H2. The Morgan fingerprint density at radius 2 is 2.06 bits per heavy atom. The predicted molar refractivity (Wildman–Crippen MR) is 68.1 cm³/mol. The van der Waals surface area contributed by atoms with Crippen LogP contribution in [0.1, 0.15) is 0 Å². The molecule has 0 radical (unpaired) electrons. The molecule has 0 spiro atoms. The predicted octanol–water partition coefficient (Wildman–Crippen LogP) is 2.04. The largest absolute Gasteiger partial charge is 0.354 e. The molecule has 2 heterocycles. The smallest absolute Gasteiger partial charge is 0.131 e. The van der Waals surface area contributed by atoms with Gasteiger partial charge in [-0.25, -0.2) is 4.98 Å². The lowest BCUT2D eigenvalue weighted by Crippen LogP contribution is -2.46. The molecule has 1 fully saturated rings. The minimum atomic E-state index is 0.561. The van der Waals surface area contributed by atoms with E-state index in [9.17, 15) is 0 Å². The van der Waals surface area contributed by atoms with E-state index in [1.165, 1.54) is 0 Å². The van der Waals surface area contributed by atoms with Crippen LogP contribution in [0.4, 0.5) is 5.82 Å². The molecule has 0 N–H and O–H groups in total. The monoisotopic (exact) mass is 237 g/mol. The van der Waals surface area contributed by atoms with Crippen molar-refractivity contribution in [3.8, 4) is 0 Å². The van der Waals surface area contributed by atoms with Crippen molar-refractivity contribution in [2.75, 3.05) is 37.6 Å². The van der Waals surface area contributed by atoms with E-state index in [2.05, 4.69) is 21.4 Å². The van der Waals surface area contributed by atoms with Crippen LogP contribution in [0.15, 0.2) is 30.9 Å². The summed E-state index contributed by atoms with van der Waals surface area (Å²) in [5.74, 6) is 0.978. The SMILES string of the molecule is C=CCN1CCN(c2cccc(Cl)n2)CC1. The van der Waals surface area contributed by atoms with Crippen LogP contribution in [0.25, 0.3) is 0 Å². The number of piperazine rings is 1. The quantitative estimate of drug-likeness (QED) is 0.593. The third kappa shape index (κ3) is 2.74. The Bertz CT molecular complexity index is 359. The highest BCUT2D eigenvalue weighted by atomic mass is 35.5. The van der Waals surface area contributed by atoms with Crippen LogP contribution in [0.3, 0.4) is 0 Å². The summed E-state index contributed by atoms with van der Waals surface area (Å²) in [6, 6.07) is 5.76. The number of rotatable bonds is 3. The minimum Gasteiger partial charge on any atom is -0.354 e. The highest BCUT2D eigenvalue weighted by Gasteiger charge is 2.16. The number of halogens is 1. The van der Waals surface area contributed by atoms with Gasteiger partial charge in [-0.1, -0.05) is 23.7 Å². The number of hydrogen-bond acceptors (Lipinski definition) is 3. The first-order chi connectivity index (χ1) is 7.79. The van der Waals surface area contributed by atoms with E-state index in [-0.39, 0.29) is 0 Å². The number of nitrogens with zero attached hydrogens (tertiary/aromatic N) is 3. The summed E-state index contributed by atoms with van der Waals surface area (Å²) in [5.41, 5.74) is 0. The molecule has 1 saturated heterocycles. The number of aromatic nitrogens is 1. The molecule has 1 aliphatic rings. The molecule has 4 heteroatoms. The Labute approximate surface area is 101 Å². The highest BCUT2D eigenvalue weighted by molar-refractivity contribution is 6.29. The maximum absolute atomic E-state index is 5.88. The Morgan fingerprint density at radius 1 is 1.31 bits per heavy atom. The molecule has 0 bridgehead atoms. The zero-order valence-electron chi connectivity index (χ0n) is 9.27. The molecule has 16 heavy (non-hydrogen) atoms. The Hall–Kier alpha value is -1.06. The maximum atomic E-state index is 5.88. The molecule has 86 valence electrons. The van der Waals surface area contributed by atoms with Gasteiger partial charge in [-0.15, -0.1) is 6.58 Å². The maximum Gasteiger partial charge on any atom is 0.131 e. The van der Waals surface area contributed by atoms with Crippen LogP contribution in [0, 0.1) is 0 Å². The Balaban J connectivity index is 1.96. The average Bonchev–Trinajstić information content (AvgIpc) is 2.30. The van der Waals surface area contributed by atoms with E-state index in [1.807, 2.05) is 18.2 Å². The summed E-state index contributed by atoms with van der Waals surface area (Å²) in [7, 11) is 0. The van der Waals surface area contributed by atoms with Gasteiger partial charge in [0.2, 0.25) is 0 Å². The van der Waals surface area contributed by atoms with Crippen LogP contribution in [-0.2, 0) is 0 Å². The van der Waals surface area contributed by atoms with E-state index in [1.54, 1.807) is 6.07 Å². The average molecular weight is 238 g/mol. The lowest BCUT2D eigenvalue weighted by molar-refractivity contribution is 0.283. The van der Waals surface area contributed by atoms with Crippen molar-refractivity contribution in [2.45, 2.75) is 0 Å². The molecule has 0 saturated carbocycles. The van der Waals surface area contributed by atoms with Crippen LogP contribution >= 0.6 is 11.6 Å². The normalized spacial score (nSPS) is 17.4. The summed E-state index contributed by atoms with van der Waals surface area (Å²) in [5, 5.41) is 0.561. The second-order valence-corrected chi connectivity index (χ2v) is 4.28. The topological polar surface area (TPSA) is 19.4 Å². The number of pyridine rings is 1. The van der Waals surface area contributed by atoms with Gasteiger partial charge in [-0.3, -0.25) is 4.90 Å². The fourth-order valence-corrected chi connectivity index (χ4v) is 2.08. The lowest BCUT2D eigenvalue weighted by Gasteiger charge is -2.34. The van der Waals surface area contributed by atoms with Gasteiger partial charge in [-0.05, 0) is 12.1 Å². The van der Waals surface area contributed by atoms with Crippen LogP contribution in [0.5, 0.6) is 0 Å². The van der Waals surface area contributed by atoms with E-state index in [0.717, 1.165) is 38.5 Å². The molecule has 0 aromatic carbocycles. The first-order valence-electron chi connectivity index (χ1n) is 5.50. The Morgan fingerprint density at radius 3 is 2.69 bits per heavy atom. The second-order valence-electron chi connectivity index (χ2n) is 3.89. The molecule has 1 aliphatic heterocycles. The van der Waals surface area contributed by atoms with Crippen molar-refractivity contribution in [1.29, 1.82) is 0 Å². The molecule has 0 unspecified atom stereocenters. The van der Waals surface area contributed by atoms with Crippen molar-refractivity contribution in [3.63, 3.8) is 0 Å². The van der Waals surface area contributed by atoms with Gasteiger partial charge in [0.1, 0.15) is 11.0 Å². The van der Waals surface area contributed by atoms with Crippen molar-refractivity contribution in [2.24, 2.45) is 0 Å². The van der Waals surface area contributed by atoms with Gasteiger partial charge in [0.25, 0.3) is 0 Å². The van der Waals surface area contributed by atoms with Crippen molar-refractivity contribution in [3.05, 3.63) is 36.0 Å². The molecular weight excluding hydrogens is 222 g/mol. The van der Waals surface area contributed by atoms with Crippen LogP contribution in [0.2, 0.25) is 5.15 Å². The van der Waals surface area contributed by atoms with E-state index < -0.39 is 0 Å². The lowest BCUT2D eigenvalue weighted by atomic mass is 10.3. The highest BCUT2D eigenvalue weighted by Crippen LogP contribution is 2.16. The van der Waals surface area contributed by atoms with Gasteiger partial charge in [0, 0.05) is 32.7 Å². The van der Waals surface area contributed by atoms with Gasteiger partial charge >= 0.3 is 0 Å². The van der Waals surface area contributed by atoms with Gasteiger partial charge in [-0.2, -0.15) is 0 Å². The zero-order chi connectivity index (χ0) is 11.4. The number of hydrogen-bond donors (Lipinski definition) is 0. The van der Waals surface area contributed by atoms with Gasteiger partial charge < -0.3 is 4.90 Å². The second kappa shape index (κ2) is 5.32. The first-order valence-corrected chi connectivity index (χ1v) is 5.88. The van der Waals surface area contributed by atoms with Crippen molar-refractivity contribution < 1.29 is 0 Å². The summed E-state index contributed by atoms with van der Waals surface area (Å²) in [4.78, 5) is 8.97. The molecular formula is C12H16ClN3. The fraction of sp³-hybridized carbons (Fsp3) is 0.417. The first kappa shape index (κ1) is 11.4. The Kier molecular flexibility index (Phi) is 3.80. The molecule has 3 nitrogen and oxygen atoms in total. The molecule has 0 amide bonds. The summed E-state index contributed by atoms with van der Waals surface area (Å²) < 4.78 is 0. The third-order valence-electron chi connectivity index (χ3n) is 2.78. The minimum absolute atomic E-state index is 0.561. The van der Waals surface area contributed by atoms with Gasteiger partial charge in [0.15, 0.2) is 0 Å².